The lowest BCUT2D eigenvalue weighted by Crippen LogP contribution is -2.36. The first kappa shape index (κ1) is 15.7. The van der Waals surface area contributed by atoms with Crippen LogP contribution in [0.1, 0.15) is 29.2 Å². The van der Waals surface area contributed by atoms with Crippen LogP contribution >= 0.6 is 0 Å². The standard InChI is InChI=1S/C20H20N2O3/c21-15-6-7-16-14(10-15)12-22(9-8-13-4-2-1-3-5-13)20(24)17-11-18(23)25-19(16)17/h1-7,10,17,19H,8-9,11-12,21H2/t17-,19+/m0/s1. The van der Waals surface area contributed by atoms with Crippen molar-refractivity contribution in [2.45, 2.75) is 25.5 Å². The molecule has 2 aliphatic rings. The van der Waals surface area contributed by atoms with E-state index in [1.807, 2.05) is 35.2 Å². The lowest BCUT2D eigenvalue weighted by atomic mass is 9.93. The van der Waals surface area contributed by atoms with Gasteiger partial charge in [-0.1, -0.05) is 36.4 Å². The molecule has 0 aromatic heterocycles. The number of nitrogen functional groups attached to an aromatic ring is 1. The van der Waals surface area contributed by atoms with E-state index < -0.39 is 12.0 Å². The van der Waals surface area contributed by atoms with Gasteiger partial charge in [0.1, 0.15) is 6.10 Å². The van der Waals surface area contributed by atoms with E-state index in [4.69, 9.17) is 10.5 Å². The Labute approximate surface area is 146 Å². The van der Waals surface area contributed by atoms with Crippen LogP contribution in [0.25, 0.3) is 0 Å². The highest BCUT2D eigenvalue weighted by Gasteiger charge is 2.45. The molecule has 0 bridgehead atoms. The Morgan fingerprint density at radius 1 is 1.12 bits per heavy atom. The van der Waals surface area contributed by atoms with Crippen molar-refractivity contribution in [3.05, 3.63) is 65.2 Å². The molecule has 5 heteroatoms. The lowest BCUT2D eigenvalue weighted by Gasteiger charge is -2.23. The zero-order chi connectivity index (χ0) is 17.4. The number of esters is 1. The average Bonchev–Trinajstić information content (AvgIpc) is 2.96. The Kier molecular flexibility index (Phi) is 3.92. The van der Waals surface area contributed by atoms with Gasteiger partial charge in [-0.3, -0.25) is 9.59 Å². The van der Waals surface area contributed by atoms with Crippen LogP contribution in [0.4, 0.5) is 5.69 Å². The van der Waals surface area contributed by atoms with Gasteiger partial charge in [0.25, 0.3) is 0 Å². The summed E-state index contributed by atoms with van der Waals surface area (Å²) in [6.07, 6.45) is 0.434. The van der Waals surface area contributed by atoms with Gasteiger partial charge in [0, 0.05) is 18.8 Å². The van der Waals surface area contributed by atoms with Gasteiger partial charge in [0.15, 0.2) is 0 Å². The molecule has 2 heterocycles. The highest BCUT2D eigenvalue weighted by molar-refractivity contribution is 5.88. The highest BCUT2D eigenvalue weighted by Crippen LogP contribution is 2.41. The summed E-state index contributed by atoms with van der Waals surface area (Å²) in [5, 5.41) is 0. The molecular weight excluding hydrogens is 316 g/mol. The van der Waals surface area contributed by atoms with E-state index in [2.05, 4.69) is 12.1 Å². The van der Waals surface area contributed by atoms with Gasteiger partial charge < -0.3 is 15.4 Å². The second-order valence-electron chi connectivity index (χ2n) is 6.67. The Morgan fingerprint density at radius 3 is 2.72 bits per heavy atom. The Bertz CT molecular complexity index is 819. The fraction of sp³-hybridized carbons (Fsp3) is 0.300. The maximum atomic E-state index is 13.0. The van der Waals surface area contributed by atoms with Crippen LogP contribution in [0.2, 0.25) is 0 Å². The molecule has 25 heavy (non-hydrogen) atoms. The SMILES string of the molecule is Nc1ccc2c(c1)CN(CCc1ccccc1)C(=O)[C@H]1CC(=O)O[C@H]21. The van der Waals surface area contributed by atoms with Gasteiger partial charge in [-0.2, -0.15) is 0 Å². The molecule has 2 aromatic carbocycles. The first-order valence-electron chi connectivity index (χ1n) is 8.52. The number of rotatable bonds is 3. The minimum absolute atomic E-state index is 0.0125. The van der Waals surface area contributed by atoms with E-state index in [1.54, 1.807) is 6.07 Å². The number of anilines is 1. The molecule has 0 saturated carbocycles. The van der Waals surface area contributed by atoms with Crippen molar-refractivity contribution in [1.29, 1.82) is 0 Å². The number of amides is 1. The van der Waals surface area contributed by atoms with Crippen molar-refractivity contribution in [1.82, 2.24) is 4.90 Å². The van der Waals surface area contributed by atoms with Crippen LogP contribution in [0.5, 0.6) is 0 Å². The zero-order valence-corrected chi connectivity index (χ0v) is 13.9. The molecule has 4 rings (SSSR count). The molecule has 0 radical (unpaired) electrons. The van der Waals surface area contributed by atoms with Crippen molar-refractivity contribution in [3.63, 3.8) is 0 Å². The minimum Gasteiger partial charge on any atom is -0.457 e. The number of nitrogens with zero attached hydrogens (tertiary/aromatic N) is 1. The van der Waals surface area contributed by atoms with Crippen molar-refractivity contribution >= 4 is 17.6 Å². The van der Waals surface area contributed by atoms with E-state index in [0.717, 1.165) is 17.5 Å². The molecule has 2 N–H and O–H groups in total. The predicted octanol–water partition coefficient (Wildman–Crippen LogP) is 2.46. The zero-order valence-electron chi connectivity index (χ0n) is 13.9. The number of fused-ring (bicyclic) bond motifs is 3. The normalized spacial score (nSPS) is 22.2. The van der Waals surface area contributed by atoms with Crippen LogP contribution in [0.3, 0.4) is 0 Å². The molecule has 5 nitrogen and oxygen atoms in total. The summed E-state index contributed by atoms with van der Waals surface area (Å²) in [7, 11) is 0. The maximum absolute atomic E-state index is 13.0. The van der Waals surface area contributed by atoms with Gasteiger partial charge in [0.05, 0.1) is 12.3 Å². The van der Waals surface area contributed by atoms with Crippen molar-refractivity contribution in [3.8, 4) is 0 Å². The van der Waals surface area contributed by atoms with Gasteiger partial charge in [0.2, 0.25) is 5.91 Å². The molecular formula is C20H20N2O3. The highest BCUT2D eigenvalue weighted by atomic mass is 16.6. The van der Waals surface area contributed by atoms with Gasteiger partial charge in [-0.25, -0.2) is 0 Å². The van der Waals surface area contributed by atoms with E-state index in [-0.39, 0.29) is 18.3 Å². The molecule has 2 aliphatic heterocycles. The molecule has 1 saturated heterocycles. The van der Waals surface area contributed by atoms with E-state index >= 15 is 0 Å². The van der Waals surface area contributed by atoms with E-state index in [9.17, 15) is 9.59 Å². The van der Waals surface area contributed by atoms with Crippen molar-refractivity contribution in [2.75, 3.05) is 12.3 Å². The largest absolute Gasteiger partial charge is 0.457 e. The monoisotopic (exact) mass is 336 g/mol. The van der Waals surface area contributed by atoms with Crippen LogP contribution < -0.4 is 5.73 Å². The van der Waals surface area contributed by atoms with Crippen LogP contribution in [-0.4, -0.2) is 23.3 Å². The summed E-state index contributed by atoms with van der Waals surface area (Å²) in [6, 6.07) is 15.6. The molecule has 0 unspecified atom stereocenters. The van der Waals surface area contributed by atoms with Crippen LogP contribution in [0.15, 0.2) is 48.5 Å². The maximum Gasteiger partial charge on any atom is 0.307 e. The summed E-state index contributed by atoms with van der Waals surface area (Å²) in [6.45, 7) is 1.10. The second kappa shape index (κ2) is 6.24. The third-order valence-corrected chi connectivity index (χ3v) is 4.99. The first-order chi connectivity index (χ1) is 12.1. The Hall–Kier alpha value is -2.82. The molecule has 1 amide bonds. The number of hydrogen-bond acceptors (Lipinski definition) is 4. The molecule has 1 fully saturated rings. The first-order valence-corrected chi connectivity index (χ1v) is 8.52. The van der Waals surface area contributed by atoms with E-state index in [0.29, 0.717) is 18.8 Å². The number of ether oxygens (including phenoxy) is 1. The number of nitrogens with two attached hydrogens (primary N) is 1. The average molecular weight is 336 g/mol. The van der Waals surface area contributed by atoms with Gasteiger partial charge in [-0.15, -0.1) is 0 Å². The summed E-state index contributed by atoms with van der Waals surface area (Å²) in [5.41, 5.74) is 9.63. The summed E-state index contributed by atoms with van der Waals surface area (Å²) in [5.74, 6) is -0.759. The third-order valence-electron chi connectivity index (χ3n) is 4.99. The van der Waals surface area contributed by atoms with Gasteiger partial charge >= 0.3 is 5.97 Å². The molecule has 2 aromatic rings. The number of hydrogen-bond donors (Lipinski definition) is 1. The van der Waals surface area contributed by atoms with Gasteiger partial charge in [-0.05, 0) is 35.2 Å². The number of benzene rings is 2. The summed E-state index contributed by atoms with van der Waals surface area (Å²) in [4.78, 5) is 26.7. The van der Waals surface area contributed by atoms with Crippen LogP contribution in [-0.2, 0) is 27.3 Å². The molecule has 0 aliphatic carbocycles. The quantitative estimate of drug-likeness (QED) is 0.690. The summed E-state index contributed by atoms with van der Waals surface area (Å²) >= 11 is 0. The predicted molar refractivity (Wildman–Crippen MR) is 93.4 cm³/mol. The minimum atomic E-state index is -0.489. The number of carbonyl (C=O) groups excluding carboxylic acids is 2. The van der Waals surface area contributed by atoms with E-state index in [1.165, 1.54) is 5.56 Å². The molecule has 0 spiro atoms. The van der Waals surface area contributed by atoms with Crippen LogP contribution in [0, 0.1) is 5.92 Å². The fourth-order valence-corrected chi connectivity index (χ4v) is 3.71. The van der Waals surface area contributed by atoms with Crippen molar-refractivity contribution < 1.29 is 14.3 Å². The lowest BCUT2D eigenvalue weighted by molar-refractivity contribution is -0.142. The number of carbonyl (C=O) groups is 2. The summed E-state index contributed by atoms with van der Waals surface area (Å²) < 4.78 is 5.47. The Morgan fingerprint density at radius 2 is 1.92 bits per heavy atom. The smallest absolute Gasteiger partial charge is 0.307 e. The fourth-order valence-electron chi connectivity index (χ4n) is 3.71. The Balaban J connectivity index is 1.64. The molecule has 128 valence electrons. The molecule has 2 atom stereocenters. The van der Waals surface area contributed by atoms with Crippen molar-refractivity contribution in [2.24, 2.45) is 5.92 Å². The third kappa shape index (κ3) is 2.97. The topological polar surface area (TPSA) is 72.6 Å². The second-order valence-corrected chi connectivity index (χ2v) is 6.67.